The van der Waals surface area contributed by atoms with Crippen molar-refractivity contribution in [2.24, 2.45) is 5.10 Å². The molecule has 2 N–H and O–H groups in total. The molecule has 3 aromatic carbocycles. The lowest BCUT2D eigenvalue weighted by Gasteiger charge is -2.11. The van der Waals surface area contributed by atoms with Gasteiger partial charge in [0, 0.05) is 10.7 Å². The molecule has 176 valence electrons. The Balaban J connectivity index is 1.51. The van der Waals surface area contributed by atoms with Gasteiger partial charge in [0.2, 0.25) is 11.8 Å². The molecule has 3 rings (SSSR count). The first kappa shape index (κ1) is 24.8. The van der Waals surface area contributed by atoms with Crippen molar-refractivity contribution >= 4 is 35.3 Å². The number of ether oxygens (including phenoxy) is 2. The Hall–Kier alpha value is -3.84. The summed E-state index contributed by atoms with van der Waals surface area (Å²) in [5.41, 5.74) is 6.86. The minimum atomic E-state index is -0.521. The molecule has 0 atom stereocenters. The van der Waals surface area contributed by atoms with Gasteiger partial charge < -0.3 is 14.8 Å². The van der Waals surface area contributed by atoms with Crippen LogP contribution in [-0.4, -0.2) is 25.1 Å². The summed E-state index contributed by atoms with van der Waals surface area (Å²) in [6.07, 6.45) is 1.12. The Bertz CT molecular complexity index is 1190. The predicted octanol–water partition coefficient (Wildman–Crippen LogP) is 5.02. The number of carbonyl (C=O) groups is 2. The largest absolute Gasteiger partial charge is 0.493 e. The van der Waals surface area contributed by atoms with Crippen molar-refractivity contribution in [1.29, 1.82) is 0 Å². The molecule has 2 amide bonds. The number of benzene rings is 3. The van der Waals surface area contributed by atoms with Crippen LogP contribution in [0.2, 0.25) is 5.02 Å². The van der Waals surface area contributed by atoms with Crippen molar-refractivity contribution < 1.29 is 19.1 Å². The van der Waals surface area contributed by atoms with Crippen LogP contribution in [0.1, 0.15) is 28.7 Å². The quantitative estimate of drug-likeness (QED) is 0.256. The monoisotopic (exact) mass is 479 g/mol. The lowest BCUT2D eigenvalue weighted by atomic mass is 10.1. The number of amides is 2. The summed E-state index contributed by atoms with van der Waals surface area (Å²) >= 11 is 5.90. The summed E-state index contributed by atoms with van der Waals surface area (Å²) in [5.74, 6) is 0.158. The number of rotatable bonds is 9. The summed E-state index contributed by atoms with van der Waals surface area (Å²) in [5, 5.41) is 7.29. The Kier molecular flexibility index (Phi) is 8.65. The summed E-state index contributed by atoms with van der Waals surface area (Å²) < 4.78 is 11.2. The molecule has 0 unspecified atom stereocenters. The summed E-state index contributed by atoms with van der Waals surface area (Å²) in [7, 11) is 1.54. The molecule has 0 saturated carbocycles. The van der Waals surface area contributed by atoms with Crippen molar-refractivity contribution in [3.05, 3.63) is 87.9 Å². The van der Waals surface area contributed by atoms with Gasteiger partial charge in [0.05, 0.1) is 13.3 Å². The van der Waals surface area contributed by atoms with E-state index in [2.05, 4.69) is 15.8 Å². The first-order chi connectivity index (χ1) is 16.3. The van der Waals surface area contributed by atoms with E-state index in [9.17, 15) is 9.59 Å². The third-order valence-electron chi connectivity index (χ3n) is 5.01. The number of nitrogens with one attached hydrogen (secondary N) is 2. The van der Waals surface area contributed by atoms with Gasteiger partial charge in [-0.3, -0.25) is 9.59 Å². The number of hydrazone groups is 1. The van der Waals surface area contributed by atoms with Gasteiger partial charge in [-0.25, -0.2) is 5.43 Å². The van der Waals surface area contributed by atoms with E-state index < -0.39 is 11.8 Å². The second-order valence-electron chi connectivity index (χ2n) is 7.64. The third-order valence-corrected chi connectivity index (χ3v) is 5.26. The van der Waals surface area contributed by atoms with Crippen molar-refractivity contribution in [3.63, 3.8) is 0 Å². The van der Waals surface area contributed by atoms with Gasteiger partial charge in [-0.1, -0.05) is 29.8 Å². The molecule has 0 aromatic heterocycles. The van der Waals surface area contributed by atoms with Crippen LogP contribution in [0.15, 0.2) is 65.8 Å². The summed E-state index contributed by atoms with van der Waals surface area (Å²) in [4.78, 5) is 24.1. The maximum atomic E-state index is 12.1. The van der Waals surface area contributed by atoms with Crippen LogP contribution in [0.25, 0.3) is 0 Å². The lowest BCUT2D eigenvalue weighted by Crippen LogP contribution is -2.24. The number of nitrogens with zero attached hydrogens (tertiary/aromatic N) is 1. The minimum absolute atomic E-state index is 0.342. The van der Waals surface area contributed by atoms with Crippen molar-refractivity contribution in [1.82, 2.24) is 5.43 Å². The fourth-order valence-corrected chi connectivity index (χ4v) is 3.14. The van der Waals surface area contributed by atoms with Crippen LogP contribution in [0, 0.1) is 13.8 Å². The van der Waals surface area contributed by atoms with Crippen LogP contribution in [0.4, 0.5) is 5.69 Å². The normalized spacial score (nSPS) is 10.7. The van der Waals surface area contributed by atoms with Gasteiger partial charge in [0.15, 0.2) is 11.5 Å². The molecule has 3 aromatic rings. The zero-order chi connectivity index (χ0) is 24.5. The Labute approximate surface area is 203 Å². The second-order valence-corrected chi connectivity index (χ2v) is 8.08. The number of hydrogen-bond donors (Lipinski definition) is 2. The van der Waals surface area contributed by atoms with E-state index in [1.807, 2.05) is 38.1 Å². The van der Waals surface area contributed by atoms with Crippen LogP contribution in [-0.2, 0) is 16.2 Å². The smallest absolute Gasteiger partial charge is 0.249 e. The van der Waals surface area contributed by atoms with E-state index in [0.717, 1.165) is 16.7 Å². The van der Waals surface area contributed by atoms with Gasteiger partial charge in [0.25, 0.3) is 0 Å². The Morgan fingerprint density at radius 2 is 1.71 bits per heavy atom. The number of anilines is 1. The third kappa shape index (κ3) is 7.35. The molecular formula is C26H26ClN3O4. The van der Waals surface area contributed by atoms with Gasteiger partial charge in [-0.05, 0) is 78.6 Å². The molecule has 0 bridgehead atoms. The first-order valence-electron chi connectivity index (χ1n) is 10.6. The number of carbonyl (C=O) groups excluding carboxylic acids is 2. The highest BCUT2D eigenvalue weighted by Gasteiger charge is 2.10. The minimum Gasteiger partial charge on any atom is -0.493 e. The molecule has 34 heavy (non-hydrogen) atoms. The zero-order valence-corrected chi connectivity index (χ0v) is 20.0. The van der Waals surface area contributed by atoms with E-state index in [1.54, 1.807) is 43.5 Å². The number of hydrogen-bond acceptors (Lipinski definition) is 5. The Morgan fingerprint density at radius 3 is 2.41 bits per heavy atom. The van der Waals surface area contributed by atoms with Gasteiger partial charge in [-0.15, -0.1) is 0 Å². The highest BCUT2D eigenvalue weighted by atomic mass is 35.5. The molecule has 7 nitrogen and oxygen atoms in total. The maximum Gasteiger partial charge on any atom is 0.249 e. The molecule has 0 spiro atoms. The second kappa shape index (κ2) is 11.9. The van der Waals surface area contributed by atoms with Crippen molar-refractivity contribution in [3.8, 4) is 11.5 Å². The van der Waals surface area contributed by atoms with E-state index in [4.69, 9.17) is 21.1 Å². The average molecular weight is 480 g/mol. The summed E-state index contributed by atoms with van der Waals surface area (Å²) in [6.45, 7) is 4.31. The zero-order valence-electron chi connectivity index (χ0n) is 19.2. The summed E-state index contributed by atoms with van der Waals surface area (Å²) in [6, 6.07) is 18.2. The van der Waals surface area contributed by atoms with Crippen LogP contribution in [0.5, 0.6) is 11.5 Å². The van der Waals surface area contributed by atoms with Crippen LogP contribution in [0.3, 0.4) is 0 Å². The molecule has 0 aliphatic heterocycles. The van der Waals surface area contributed by atoms with Crippen LogP contribution >= 0.6 is 11.6 Å². The fourth-order valence-electron chi connectivity index (χ4n) is 3.01. The predicted molar refractivity (Wildman–Crippen MR) is 134 cm³/mol. The topological polar surface area (TPSA) is 89.0 Å². The lowest BCUT2D eigenvalue weighted by molar-refractivity contribution is -0.126. The number of methoxy groups -OCH3 is 1. The van der Waals surface area contributed by atoms with Gasteiger partial charge in [-0.2, -0.15) is 5.10 Å². The molecule has 0 heterocycles. The van der Waals surface area contributed by atoms with E-state index in [1.165, 1.54) is 6.21 Å². The SMILES string of the molecule is COc1cc(C=NNC(=O)CC(=O)Nc2ccc(C)c(C)c2)ccc1OCc1ccc(Cl)cc1. The highest BCUT2D eigenvalue weighted by molar-refractivity contribution is 6.30. The molecule has 0 aliphatic carbocycles. The molecule has 0 fully saturated rings. The fraction of sp³-hybridized carbons (Fsp3) is 0.192. The van der Waals surface area contributed by atoms with Crippen LogP contribution < -0.4 is 20.2 Å². The van der Waals surface area contributed by atoms with Gasteiger partial charge in [0.1, 0.15) is 13.0 Å². The maximum absolute atomic E-state index is 12.1. The van der Waals surface area contributed by atoms with E-state index in [-0.39, 0.29) is 6.42 Å². The number of halogens is 1. The average Bonchev–Trinajstić information content (AvgIpc) is 2.81. The molecule has 0 radical (unpaired) electrons. The Morgan fingerprint density at radius 1 is 0.941 bits per heavy atom. The number of aryl methyl sites for hydroxylation is 2. The standard InChI is InChI=1S/C26H26ClN3O4/c1-17-4-10-22(12-18(17)2)29-25(31)14-26(32)30-28-15-20-7-11-23(24(13-20)33-3)34-16-19-5-8-21(27)9-6-19/h4-13,15H,14,16H2,1-3H3,(H,29,31)(H,30,32). The van der Waals surface area contributed by atoms with E-state index in [0.29, 0.717) is 34.4 Å². The first-order valence-corrected chi connectivity index (χ1v) is 11.0. The highest BCUT2D eigenvalue weighted by Crippen LogP contribution is 2.28. The molecule has 0 aliphatic rings. The van der Waals surface area contributed by atoms with Crippen molar-refractivity contribution in [2.45, 2.75) is 26.9 Å². The molecule has 0 saturated heterocycles. The van der Waals surface area contributed by atoms with E-state index >= 15 is 0 Å². The van der Waals surface area contributed by atoms with Crippen molar-refractivity contribution in [2.75, 3.05) is 12.4 Å². The molecular weight excluding hydrogens is 454 g/mol. The molecule has 8 heteroatoms. The van der Waals surface area contributed by atoms with Gasteiger partial charge >= 0.3 is 0 Å².